The van der Waals surface area contributed by atoms with Gasteiger partial charge < -0.3 is 10.8 Å². The number of hydrogen-bond donors (Lipinski definition) is 1. The third-order valence-electron chi connectivity index (χ3n) is 0.655. The van der Waals surface area contributed by atoms with E-state index >= 15 is 0 Å². The van der Waals surface area contributed by atoms with Crippen LogP contribution in [0.5, 0.6) is 6.01 Å². The van der Waals surface area contributed by atoms with E-state index in [-0.39, 0.29) is 24.7 Å². The van der Waals surface area contributed by atoms with Gasteiger partial charge in [-0.2, -0.15) is 0 Å². The second-order valence-corrected chi connectivity index (χ2v) is 1.26. The molecule has 2 N–H and O–H groups in total. The number of nitrogen functional groups attached to an aromatic ring is 1. The van der Waals surface area contributed by atoms with Crippen molar-refractivity contribution in [3.8, 4) is 6.01 Å². The summed E-state index contributed by atoms with van der Waals surface area (Å²) in [5.41, 5.74) is 5.11. The largest absolute Gasteiger partial charge is 1.00 e. The van der Waals surface area contributed by atoms with E-state index in [0.29, 0.717) is 0 Å². The van der Waals surface area contributed by atoms with Crippen LogP contribution in [0.1, 0.15) is 0 Å². The summed E-state index contributed by atoms with van der Waals surface area (Å²) in [6.07, 6.45) is 1.32. The predicted molar refractivity (Wildman–Crippen MR) is 25.9 cm³/mol. The number of nitrogens with zero attached hydrogens (tertiary/aromatic N) is 2. The van der Waals surface area contributed by atoms with Crippen molar-refractivity contribution in [2.45, 2.75) is 0 Å². The third kappa shape index (κ3) is 2.35. The van der Waals surface area contributed by atoms with Crippen LogP contribution in [-0.2, 0) is 0 Å². The van der Waals surface area contributed by atoms with E-state index in [1.165, 1.54) is 12.3 Å². The minimum Gasteiger partial charge on any atom is -0.844 e. The molecule has 0 bridgehead atoms. The molecule has 42 valence electrons. The van der Waals surface area contributed by atoms with Crippen molar-refractivity contribution < 1.29 is 24.0 Å². The third-order valence-corrected chi connectivity index (χ3v) is 0.655. The van der Waals surface area contributed by atoms with Crippen LogP contribution in [0.25, 0.3) is 0 Å². The van der Waals surface area contributed by atoms with Gasteiger partial charge in [-0.15, -0.1) is 0 Å². The van der Waals surface area contributed by atoms with Crippen LogP contribution in [0.4, 0.5) is 5.82 Å². The molecule has 0 saturated heterocycles. The molecule has 0 unspecified atom stereocenters. The quantitative estimate of drug-likeness (QED) is 0.353. The Balaban J connectivity index is 0.000000640. The molecule has 0 aliphatic carbocycles. The summed E-state index contributed by atoms with van der Waals surface area (Å²) in [6.45, 7) is 0. The molecule has 0 aliphatic rings. The van der Waals surface area contributed by atoms with E-state index in [0.717, 1.165) is 0 Å². The fraction of sp³-hybridized carbons (Fsp3) is 0. The van der Waals surface area contributed by atoms with Crippen LogP contribution in [0.2, 0.25) is 0 Å². The van der Waals surface area contributed by atoms with Gasteiger partial charge in [0.25, 0.3) is 0 Å². The van der Waals surface area contributed by atoms with Gasteiger partial charge in [0.2, 0.25) is 0 Å². The molecule has 9 heavy (non-hydrogen) atoms. The monoisotopic (exact) mass is 117 g/mol. The molecular weight excluding hydrogens is 113 g/mol. The molecule has 0 spiro atoms. The summed E-state index contributed by atoms with van der Waals surface area (Å²) in [7, 11) is 0. The fourth-order valence-electron chi connectivity index (χ4n) is 0.354. The van der Waals surface area contributed by atoms with E-state index in [2.05, 4.69) is 9.97 Å². The Morgan fingerprint density at radius 2 is 2.22 bits per heavy atom. The Morgan fingerprint density at radius 3 is 2.56 bits per heavy atom. The number of hydrogen-bond acceptors (Lipinski definition) is 4. The van der Waals surface area contributed by atoms with Gasteiger partial charge in [-0.1, -0.05) is 0 Å². The average Bonchev–Trinajstić information content (AvgIpc) is 1.64. The molecule has 1 aromatic heterocycles. The Bertz CT molecular complexity index is 176. The molecule has 0 radical (unpaired) electrons. The molecule has 1 heterocycles. The van der Waals surface area contributed by atoms with Gasteiger partial charge >= 0.3 is 18.9 Å². The molecule has 5 heteroatoms. The second kappa shape index (κ2) is 3.33. The van der Waals surface area contributed by atoms with Gasteiger partial charge in [0, 0.05) is 6.20 Å². The van der Waals surface area contributed by atoms with Crippen molar-refractivity contribution in [1.29, 1.82) is 0 Å². The van der Waals surface area contributed by atoms with Crippen molar-refractivity contribution in [2.24, 2.45) is 0 Å². The first kappa shape index (κ1) is 8.28. The Labute approximate surface area is 64.3 Å². The summed E-state index contributed by atoms with van der Waals surface area (Å²) in [6, 6.07) is 0.923. The van der Waals surface area contributed by atoms with E-state index < -0.39 is 6.01 Å². The van der Waals surface area contributed by atoms with Crippen molar-refractivity contribution >= 4 is 5.82 Å². The number of anilines is 1. The zero-order valence-electron chi connectivity index (χ0n) is 5.03. The van der Waals surface area contributed by atoms with Crippen molar-refractivity contribution in [3.05, 3.63) is 12.3 Å². The Morgan fingerprint density at radius 1 is 1.56 bits per heavy atom. The molecule has 0 saturated carbocycles. The zero-order valence-corrected chi connectivity index (χ0v) is 5.03. The number of aromatic nitrogens is 2. The summed E-state index contributed by atoms with van der Waals surface area (Å²) in [4.78, 5) is 6.58. The van der Waals surface area contributed by atoms with E-state index in [9.17, 15) is 5.11 Å². The topological polar surface area (TPSA) is 74.9 Å². The van der Waals surface area contributed by atoms with Crippen LogP contribution < -0.4 is 29.7 Å². The van der Waals surface area contributed by atoms with Gasteiger partial charge in [-0.05, 0) is 6.07 Å². The van der Waals surface area contributed by atoms with E-state index in [4.69, 9.17) is 5.73 Å². The Kier molecular flexibility index (Phi) is 3.06. The SMILES string of the molecule is Nc1ccnc([O-])n1.[Li+]. The summed E-state index contributed by atoms with van der Waals surface area (Å²) in [5.74, 6) is 0.213. The first-order valence-corrected chi connectivity index (χ1v) is 2.04. The smallest absolute Gasteiger partial charge is 0.844 e. The van der Waals surface area contributed by atoms with Gasteiger partial charge in [0.15, 0.2) is 0 Å². The van der Waals surface area contributed by atoms with Crippen molar-refractivity contribution in [1.82, 2.24) is 9.97 Å². The maximum atomic E-state index is 10.2. The number of nitrogens with two attached hydrogens (primary N) is 1. The number of rotatable bonds is 0. The van der Waals surface area contributed by atoms with Crippen LogP contribution in [0.3, 0.4) is 0 Å². The maximum absolute atomic E-state index is 10.2. The normalized spacial score (nSPS) is 8.00. The molecule has 1 aromatic rings. The first-order chi connectivity index (χ1) is 3.79. The van der Waals surface area contributed by atoms with E-state index in [1.54, 1.807) is 0 Å². The predicted octanol–water partition coefficient (Wildman–Crippen LogP) is -3.86. The maximum Gasteiger partial charge on any atom is 1.00 e. The molecule has 1 rings (SSSR count). The standard InChI is InChI=1S/C4H5N3O.Li/c5-3-1-2-6-4(8)7-3;/h1-2H,(H3,5,6,7,8);/q;+1/p-1. The molecule has 0 atom stereocenters. The fourth-order valence-corrected chi connectivity index (χ4v) is 0.354. The van der Waals surface area contributed by atoms with Crippen LogP contribution in [-0.4, -0.2) is 9.97 Å². The average molecular weight is 117 g/mol. The van der Waals surface area contributed by atoms with Crippen molar-refractivity contribution in [2.75, 3.05) is 5.73 Å². The second-order valence-electron chi connectivity index (χ2n) is 1.26. The molecule has 4 nitrogen and oxygen atoms in total. The Hall–Kier alpha value is -0.723. The molecule has 0 fully saturated rings. The summed E-state index contributed by atoms with van der Waals surface area (Å²) < 4.78 is 0. The molecular formula is C4H4LiN3O. The van der Waals surface area contributed by atoms with Crippen LogP contribution in [0, 0.1) is 0 Å². The molecule has 0 aliphatic heterocycles. The first-order valence-electron chi connectivity index (χ1n) is 2.04. The zero-order chi connectivity index (χ0) is 5.98. The molecule has 0 amide bonds. The van der Waals surface area contributed by atoms with Crippen LogP contribution >= 0.6 is 0 Å². The summed E-state index contributed by atoms with van der Waals surface area (Å²) in [5, 5.41) is 10.2. The van der Waals surface area contributed by atoms with Gasteiger partial charge in [0.1, 0.15) is 5.82 Å². The van der Waals surface area contributed by atoms with Gasteiger partial charge in [0.05, 0.1) is 6.01 Å². The summed E-state index contributed by atoms with van der Waals surface area (Å²) >= 11 is 0. The molecule has 0 aromatic carbocycles. The minimum absolute atomic E-state index is 0. The van der Waals surface area contributed by atoms with E-state index in [1.807, 2.05) is 0 Å². The van der Waals surface area contributed by atoms with Crippen LogP contribution in [0.15, 0.2) is 12.3 Å². The minimum atomic E-state index is -0.537. The van der Waals surface area contributed by atoms with Crippen molar-refractivity contribution in [3.63, 3.8) is 0 Å². The van der Waals surface area contributed by atoms with Gasteiger partial charge in [-0.25, -0.2) is 4.98 Å². The van der Waals surface area contributed by atoms with Gasteiger partial charge in [-0.3, -0.25) is 4.98 Å².